The standard InChI is InChI=1S/C14H9ClF4O2/c15-10-2-8(1-9(3-10)14(17,18)19)7-21-13-5-11(16)4-12(20)6-13/h1-6,20H,7H2. The summed E-state index contributed by atoms with van der Waals surface area (Å²) in [4.78, 5) is 0. The minimum atomic E-state index is -4.52. The normalized spacial score (nSPS) is 11.5. The number of phenolic OH excluding ortho intramolecular Hbond substituents is 1. The van der Waals surface area contributed by atoms with Gasteiger partial charge in [0.05, 0.1) is 5.56 Å². The van der Waals surface area contributed by atoms with Crippen LogP contribution in [0.2, 0.25) is 5.02 Å². The summed E-state index contributed by atoms with van der Waals surface area (Å²) in [7, 11) is 0. The first-order valence-corrected chi connectivity index (χ1v) is 6.11. The fourth-order valence-electron chi connectivity index (χ4n) is 1.70. The summed E-state index contributed by atoms with van der Waals surface area (Å²) in [6.07, 6.45) is -4.52. The molecular weight excluding hydrogens is 312 g/mol. The van der Waals surface area contributed by atoms with Crippen molar-refractivity contribution in [2.75, 3.05) is 0 Å². The number of phenols is 1. The lowest BCUT2D eigenvalue weighted by molar-refractivity contribution is -0.137. The van der Waals surface area contributed by atoms with Gasteiger partial charge in [-0.15, -0.1) is 0 Å². The molecule has 2 rings (SSSR count). The van der Waals surface area contributed by atoms with Crippen LogP contribution in [-0.2, 0) is 12.8 Å². The van der Waals surface area contributed by atoms with Gasteiger partial charge in [-0.3, -0.25) is 0 Å². The second-order valence-electron chi connectivity index (χ2n) is 4.28. The number of hydrogen-bond acceptors (Lipinski definition) is 2. The van der Waals surface area contributed by atoms with Crippen molar-refractivity contribution in [3.05, 3.63) is 58.4 Å². The maximum atomic E-state index is 13.0. The first kappa shape index (κ1) is 15.4. The lowest BCUT2D eigenvalue weighted by Gasteiger charge is -2.11. The first-order chi connectivity index (χ1) is 9.74. The molecule has 0 aliphatic rings. The molecule has 2 aromatic carbocycles. The Balaban J connectivity index is 2.18. The van der Waals surface area contributed by atoms with Gasteiger partial charge in [0.15, 0.2) is 0 Å². The highest BCUT2D eigenvalue weighted by Crippen LogP contribution is 2.32. The molecule has 0 unspecified atom stereocenters. The topological polar surface area (TPSA) is 29.5 Å². The van der Waals surface area contributed by atoms with Gasteiger partial charge in [-0.1, -0.05) is 11.6 Å². The summed E-state index contributed by atoms with van der Waals surface area (Å²) >= 11 is 5.63. The van der Waals surface area contributed by atoms with Crippen molar-refractivity contribution in [3.8, 4) is 11.5 Å². The zero-order chi connectivity index (χ0) is 15.6. The van der Waals surface area contributed by atoms with Crippen LogP contribution in [0.1, 0.15) is 11.1 Å². The highest BCUT2D eigenvalue weighted by molar-refractivity contribution is 6.30. The number of hydrogen-bond donors (Lipinski definition) is 1. The van der Waals surface area contributed by atoms with E-state index in [9.17, 15) is 22.7 Å². The molecule has 2 aromatic rings. The van der Waals surface area contributed by atoms with Crippen molar-refractivity contribution < 1.29 is 27.4 Å². The van der Waals surface area contributed by atoms with Gasteiger partial charge in [0.1, 0.15) is 23.9 Å². The van der Waals surface area contributed by atoms with Gasteiger partial charge in [0.25, 0.3) is 0 Å². The summed E-state index contributed by atoms with van der Waals surface area (Å²) in [5.74, 6) is -1.06. The highest BCUT2D eigenvalue weighted by atomic mass is 35.5. The van der Waals surface area contributed by atoms with E-state index in [1.54, 1.807) is 0 Å². The maximum Gasteiger partial charge on any atom is 0.416 e. The third kappa shape index (κ3) is 4.26. The molecule has 0 bridgehead atoms. The van der Waals surface area contributed by atoms with Crippen molar-refractivity contribution in [3.63, 3.8) is 0 Å². The van der Waals surface area contributed by atoms with E-state index in [1.165, 1.54) is 6.07 Å². The minimum Gasteiger partial charge on any atom is -0.508 e. The molecule has 0 aliphatic carbocycles. The Morgan fingerprint density at radius 2 is 1.76 bits per heavy atom. The largest absolute Gasteiger partial charge is 0.508 e. The van der Waals surface area contributed by atoms with Crippen LogP contribution in [0.4, 0.5) is 17.6 Å². The predicted octanol–water partition coefficient (Wildman–Crippen LogP) is 4.78. The van der Waals surface area contributed by atoms with Gasteiger partial charge >= 0.3 is 6.18 Å². The number of benzene rings is 2. The van der Waals surface area contributed by atoms with E-state index in [1.807, 2.05) is 0 Å². The summed E-state index contributed by atoms with van der Waals surface area (Å²) < 4.78 is 56.1. The van der Waals surface area contributed by atoms with Crippen molar-refractivity contribution >= 4 is 11.6 Å². The molecule has 7 heteroatoms. The minimum absolute atomic E-state index is 0.000958. The van der Waals surface area contributed by atoms with Crippen LogP contribution >= 0.6 is 11.6 Å². The van der Waals surface area contributed by atoms with Crippen LogP contribution in [0.3, 0.4) is 0 Å². The average molecular weight is 321 g/mol. The Morgan fingerprint density at radius 1 is 1.05 bits per heavy atom. The molecule has 0 amide bonds. The van der Waals surface area contributed by atoms with Crippen LogP contribution in [0.15, 0.2) is 36.4 Å². The monoisotopic (exact) mass is 320 g/mol. The molecule has 0 aromatic heterocycles. The zero-order valence-corrected chi connectivity index (χ0v) is 11.2. The van der Waals surface area contributed by atoms with Crippen LogP contribution in [0.5, 0.6) is 11.5 Å². The van der Waals surface area contributed by atoms with Crippen LogP contribution in [0, 0.1) is 5.82 Å². The van der Waals surface area contributed by atoms with E-state index < -0.39 is 17.6 Å². The summed E-state index contributed by atoms with van der Waals surface area (Å²) in [6, 6.07) is 6.06. The summed E-state index contributed by atoms with van der Waals surface area (Å²) in [5, 5.41) is 9.12. The number of ether oxygens (including phenoxy) is 1. The Bertz CT molecular complexity index is 636. The molecule has 0 atom stereocenters. The van der Waals surface area contributed by atoms with Crippen molar-refractivity contribution in [2.24, 2.45) is 0 Å². The lowest BCUT2D eigenvalue weighted by Crippen LogP contribution is -2.06. The van der Waals surface area contributed by atoms with Gasteiger partial charge in [-0.2, -0.15) is 13.2 Å². The fourth-order valence-corrected chi connectivity index (χ4v) is 1.95. The van der Waals surface area contributed by atoms with Gasteiger partial charge in [-0.25, -0.2) is 4.39 Å². The van der Waals surface area contributed by atoms with E-state index >= 15 is 0 Å². The number of alkyl halides is 3. The van der Waals surface area contributed by atoms with E-state index in [-0.39, 0.29) is 28.7 Å². The molecule has 0 aliphatic heterocycles. The van der Waals surface area contributed by atoms with E-state index in [2.05, 4.69) is 0 Å². The molecule has 0 fully saturated rings. The first-order valence-electron chi connectivity index (χ1n) is 5.73. The lowest BCUT2D eigenvalue weighted by atomic mass is 10.1. The van der Waals surface area contributed by atoms with Gasteiger partial charge in [-0.05, 0) is 23.8 Å². The van der Waals surface area contributed by atoms with Crippen molar-refractivity contribution in [1.29, 1.82) is 0 Å². The van der Waals surface area contributed by atoms with Gasteiger partial charge < -0.3 is 9.84 Å². The molecule has 2 nitrogen and oxygen atoms in total. The quantitative estimate of drug-likeness (QED) is 0.824. The highest BCUT2D eigenvalue weighted by Gasteiger charge is 2.31. The average Bonchev–Trinajstić information content (AvgIpc) is 2.33. The second kappa shape index (κ2) is 5.81. The zero-order valence-electron chi connectivity index (χ0n) is 10.4. The van der Waals surface area contributed by atoms with Crippen molar-refractivity contribution in [2.45, 2.75) is 12.8 Å². The van der Waals surface area contributed by atoms with Gasteiger partial charge in [0.2, 0.25) is 0 Å². The summed E-state index contributed by atoms with van der Waals surface area (Å²) in [5.41, 5.74) is -0.714. The van der Waals surface area contributed by atoms with E-state index in [4.69, 9.17) is 16.3 Å². The van der Waals surface area contributed by atoms with Crippen LogP contribution < -0.4 is 4.74 Å². The Hall–Kier alpha value is -1.95. The molecule has 0 heterocycles. The Labute approximate surface area is 122 Å². The maximum absolute atomic E-state index is 13.0. The van der Waals surface area contributed by atoms with Crippen molar-refractivity contribution in [1.82, 2.24) is 0 Å². The van der Waals surface area contributed by atoms with Crippen LogP contribution in [-0.4, -0.2) is 5.11 Å². The SMILES string of the molecule is Oc1cc(F)cc(OCc2cc(Cl)cc(C(F)(F)F)c2)c1. The molecule has 0 spiro atoms. The van der Waals surface area contributed by atoms with Crippen LogP contribution in [0.25, 0.3) is 0 Å². The number of rotatable bonds is 3. The Morgan fingerprint density at radius 3 is 2.38 bits per heavy atom. The van der Waals surface area contributed by atoms with E-state index in [0.717, 1.165) is 30.3 Å². The molecular formula is C14H9ClF4O2. The third-order valence-electron chi connectivity index (χ3n) is 2.55. The van der Waals surface area contributed by atoms with Gasteiger partial charge in [0, 0.05) is 23.2 Å². The summed E-state index contributed by atoms with van der Waals surface area (Å²) in [6.45, 7) is -0.244. The number of aromatic hydroxyl groups is 1. The van der Waals surface area contributed by atoms with E-state index in [0.29, 0.717) is 0 Å². The molecule has 1 N–H and O–H groups in total. The molecule has 21 heavy (non-hydrogen) atoms. The number of halogens is 5. The fraction of sp³-hybridized carbons (Fsp3) is 0.143. The second-order valence-corrected chi connectivity index (χ2v) is 4.72. The molecule has 0 saturated heterocycles. The molecule has 112 valence electrons. The smallest absolute Gasteiger partial charge is 0.416 e. The Kier molecular flexibility index (Phi) is 4.27. The molecule has 0 saturated carbocycles. The third-order valence-corrected chi connectivity index (χ3v) is 2.76. The molecule has 0 radical (unpaired) electrons. The predicted molar refractivity (Wildman–Crippen MR) is 68.9 cm³/mol.